The van der Waals surface area contributed by atoms with Crippen molar-refractivity contribution in [2.75, 3.05) is 7.11 Å². The molecule has 6 nitrogen and oxygen atoms in total. The van der Waals surface area contributed by atoms with E-state index in [0.717, 1.165) is 0 Å². The summed E-state index contributed by atoms with van der Waals surface area (Å²) in [6.07, 6.45) is 0. The molecule has 0 spiro atoms. The lowest BCUT2D eigenvalue weighted by Gasteiger charge is -1.90. The zero-order chi connectivity index (χ0) is 6.85. The third-order valence-corrected chi connectivity index (χ3v) is 0.803. The molecule has 9 heavy (non-hydrogen) atoms. The highest BCUT2D eigenvalue weighted by atomic mass is 16.6. The van der Waals surface area contributed by atoms with Crippen LogP contribution < -0.4 is 10.4 Å². The fraction of sp³-hybridized carbons (Fsp3) is 0.333. The van der Waals surface area contributed by atoms with E-state index in [1.807, 2.05) is 5.10 Å². The number of hydrogen-bond acceptors (Lipinski definition) is 4. The van der Waals surface area contributed by atoms with Gasteiger partial charge >= 0.3 is 11.7 Å². The Balaban J connectivity index is 3.20. The second kappa shape index (κ2) is 1.81. The lowest BCUT2D eigenvalue weighted by atomic mass is 11.1. The van der Waals surface area contributed by atoms with E-state index in [9.17, 15) is 4.79 Å². The van der Waals surface area contributed by atoms with E-state index >= 15 is 0 Å². The summed E-state index contributed by atoms with van der Waals surface area (Å²) in [6, 6.07) is -0.153. The number of ether oxygens (including phenoxy) is 1. The smallest absolute Gasteiger partial charge is 0.379 e. The molecule has 1 aromatic rings. The first-order chi connectivity index (χ1) is 4.25. The predicted molar refractivity (Wildman–Crippen MR) is 26.6 cm³/mol. The lowest BCUT2D eigenvalue weighted by molar-refractivity contribution is 0.141. The molecule has 0 amide bonds. The van der Waals surface area contributed by atoms with Crippen molar-refractivity contribution in [2.45, 2.75) is 0 Å². The number of nitrogens with zero attached hydrogens (tertiary/aromatic N) is 2. The summed E-state index contributed by atoms with van der Waals surface area (Å²) in [5.41, 5.74) is -0.716. The van der Waals surface area contributed by atoms with Crippen molar-refractivity contribution < 1.29 is 9.94 Å². The SMILES string of the molecule is COc1n[nH]c(=O)n1O. The van der Waals surface area contributed by atoms with Crippen LogP contribution in [0.15, 0.2) is 4.79 Å². The Bertz CT molecular complexity index is 249. The zero-order valence-electron chi connectivity index (χ0n) is 4.66. The summed E-state index contributed by atoms with van der Waals surface area (Å²) in [6.45, 7) is 0. The normalized spacial score (nSPS) is 9.44. The van der Waals surface area contributed by atoms with Gasteiger partial charge in [0.05, 0.1) is 7.11 Å². The molecule has 0 unspecified atom stereocenters. The fourth-order valence-corrected chi connectivity index (χ4v) is 0.409. The second-order valence-corrected chi connectivity index (χ2v) is 1.33. The Hall–Kier alpha value is -1.46. The maximum absolute atomic E-state index is 10.3. The molecule has 0 atom stereocenters. The summed E-state index contributed by atoms with van der Waals surface area (Å²) >= 11 is 0. The minimum atomic E-state index is -0.716. The molecule has 1 rings (SSSR count). The van der Waals surface area contributed by atoms with Gasteiger partial charge in [-0.2, -0.15) is 0 Å². The van der Waals surface area contributed by atoms with Crippen LogP contribution in [0, 0.1) is 0 Å². The van der Waals surface area contributed by atoms with Crippen LogP contribution in [0.3, 0.4) is 0 Å². The van der Waals surface area contributed by atoms with Gasteiger partial charge in [0.25, 0.3) is 0 Å². The standard InChI is InChI=1S/C3H5N3O3/c1-9-3-5-4-2(7)6(3)8/h8H,1H3,(H,4,7). The topological polar surface area (TPSA) is 80.1 Å². The van der Waals surface area contributed by atoms with Crippen LogP contribution in [0.1, 0.15) is 0 Å². The van der Waals surface area contributed by atoms with Gasteiger partial charge in [-0.3, -0.25) is 0 Å². The maximum atomic E-state index is 10.3. The van der Waals surface area contributed by atoms with Gasteiger partial charge in [-0.25, -0.2) is 9.89 Å². The summed E-state index contributed by atoms with van der Waals surface area (Å²) < 4.78 is 4.71. The summed E-state index contributed by atoms with van der Waals surface area (Å²) in [4.78, 5) is 10.3. The van der Waals surface area contributed by atoms with E-state index in [-0.39, 0.29) is 10.7 Å². The van der Waals surface area contributed by atoms with E-state index < -0.39 is 5.69 Å². The van der Waals surface area contributed by atoms with E-state index in [4.69, 9.17) is 5.21 Å². The van der Waals surface area contributed by atoms with Crippen LogP contribution >= 0.6 is 0 Å². The van der Waals surface area contributed by atoms with Gasteiger partial charge in [0.1, 0.15) is 0 Å². The number of rotatable bonds is 1. The Kier molecular flexibility index (Phi) is 1.14. The number of aromatic amines is 1. The van der Waals surface area contributed by atoms with Gasteiger partial charge in [-0.15, -0.1) is 5.10 Å². The van der Waals surface area contributed by atoms with Crippen molar-refractivity contribution >= 4 is 0 Å². The van der Waals surface area contributed by atoms with Crippen LogP contribution in [0.25, 0.3) is 0 Å². The minimum Gasteiger partial charge on any atom is -0.465 e. The molecule has 2 N–H and O–H groups in total. The van der Waals surface area contributed by atoms with Crippen molar-refractivity contribution in [2.24, 2.45) is 0 Å². The van der Waals surface area contributed by atoms with Gasteiger partial charge in [-0.05, 0) is 0 Å². The Morgan fingerprint density at radius 2 is 2.56 bits per heavy atom. The maximum Gasteiger partial charge on any atom is 0.379 e. The molecule has 0 saturated carbocycles. The first-order valence-corrected chi connectivity index (χ1v) is 2.16. The first-order valence-electron chi connectivity index (χ1n) is 2.16. The van der Waals surface area contributed by atoms with E-state index in [1.54, 1.807) is 0 Å². The largest absolute Gasteiger partial charge is 0.465 e. The van der Waals surface area contributed by atoms with Crippen LogP contribution in [-0.2, 0) is 0 Å². The van der Waals surface area contributed by atoms with E-state index in [2.05, 4.69) is 9.84 Å². The second-order valence-electron chi connectivity index (χ2n) is 1.33. The minimum absolute atomic E-state index is 0.153. The molecule has 0 bridgehead atoms. The molecule has 0 radical (unpaired) electrons. The highest BCUT2D eigenvalue weighted by Crippen LogP contribution is 1.93. The van der Waals surface area contributed by atoms with Gasteiger partial charge in [0, 0.05) is 0 Å². The van der Waals surface area contributed by atoms with Crippen LogP contribution in [0.5, 0.6) is 6.01 Å². The van der Waals surface area contributed by atoms with Crippen LogP contribution in [0.2, 0.25) is 0 Å². The average molecular weight is 131 g/mol. The molecular formula is C3H5N3O3. The van der Waals surface area contributed by atoms with Gasteiger partial charge in [0.15, 0.2) is 0 Å². The van der Waals surface area contributed by atoms with Crippen LogP contribution in [-0.4, -0.2) is 27.2 Å². The third kappa shape index (κ3) is 0.735. The predicted octanol–water partition coefficient (Wildman–Crippen LogP) is -1.18. The first kappa shape index (κ1) is 5.67. The highest BCUT2D eigenvalue weighted by Gasteiger charge is 2.03. The Morgan fingerprint density at radius 3 is 2.78 bits per heavy atom. The Morgan fingerprint density at radius 1 is 1.89 bits per heavy atom. The zero-order valence-corrected chi connectivity index (χ0v) is 4.66. The third-order valence-electron chi connectivity index (χ3n) is 0.803. The molecule has 50 valence electrons. The average Bonchev–Trinajstić information content (AvgIpc) is 2.15. The molecule has 0 aliphatic heterocycles. The van der Waals surface area contributed by atoms with Crippen molar-refractivity contribution in [3.8, 4) is 6.01 Å². The van der Waals surface area contributed by atoms with E-state index in [1.165, 1.54) is 7.11 Å². The van der Waals surface area contributed by atoms with Crippen molar-refractivity contribution in [3.63, 3.8) is 0 Å². The van der Waals surface area contributed by atoms with Gasteiger partial charge in [0.2, 0.25) is 0 Å². The lowest BCUT2D eigenvalue weighted by Crippen LogP contribution is -2.14. The molecule has 0 aliphatic carbocycles. The number of H-pyrrole nitrogens is 1. The van der Waals surface area contributed by atoms with Crippen molar-refractivity contribution in [3.05, 3.63) is 10.5 Å². The molecule has 1 heterocycles. The molecule has 0 aromatic carbocycles. The summed E-state index contributed by atoms with van der Waals surface area (Å²) in [7, 11) is 1.29. The van der Waals surface area contributed by atoms with E-state index in [0.29, 0.717) is 0 Å². The molecule has 0 fully saturated rings. The van der Waals surface area contributed by atoms with Crippen molar-refractivity contribution in [1.82, 2.24) is 14.9 Å². The molecule has 6 heteroatoms. The number of nitrogens with one attached hydrogen (secondary N) is 1. The quantitative estimate of drug-likeness (QED) is 0.470. The molecular weight excluding hydrogens is 126 g/mol. The highest BCUT2D eigenvalue weighted by molar-refractivity contribution is 4.87. The molecule has 0 aliphatic rings. The van der Waals surface area contributed by atoms with Gasteiger partial charge < -0.3 is 9.94 Å². The molecule has 0 saturated heterocycles. The monoisotopic (exact) mass is 131 g/mol. The summed E-state index contributed by atoms with van der Waals surface area (Å²) in [5.74, 6) is 0. The van der Waals surface area contributed by atoms with Crippen molar-refractivity contribution in [1.29, 1.82) is 0 Å². The molecule has 1 aromatic heterocycles. The number of aromatic nitrogens is 3. The number of hydrogen-bond donors (Lipinski definition) is 2. The van der Waals surface area contributed by atoms with Gasteiger partial charge in [-0.1, -0.05) is 4.73 Å². The van der Waals surface area contributed by atoms with Crippen LogP contribution in [0.4, 0.5) is 0 Å². The Labute approximate surface area is 49.6 Å². The fourth-order valence-electron chi connectivity index (χ4n) is 0.409. The number of methoxy groups -OCH3 is 1. The summed E-state index contributed by atoms with van der Waals surface area (Å²) in [5, 5.41) is 13.9.